The number of hydrogen-bond donors (Lipinski definition) is 2. The number of nitrogens with one attached hydrogen (secondary N) is 2. The summed E-state index contributed by atoms with van der Waals surface area (Å²) in [5.74, 6) is -1.53. The molecule has 1 aromatic heterocycles. The summed E-state index contributed by atoms with van der Waals surface area (Å²) in [6, 6.07) is 11.0. The number of urea groups is 1. The summed E-state index contributed by atoms with van der Waals surface area (Å²) in [6.45, 7) is -0.344. The molecule has 124 valence electrons. The summed E-state index contributed by atoms with van der Waals surface area (Å²) in [7, 11) is 0. The highest BCUT2D eigenvalue weighted by Crippen LogP contribution is 1.98. The van der Waals surface area contributed by atoms with E-state index in [0.717, 1.165) is 18.0 Å². The number of imide groups is 1. The fourth-order valence-electron chi connectivity index (χ4n) is 1.75. The van der Waals surface area contributed by atoms with E-state index < -0.39 is 24.5 Å². The molecule has 0 aliphatic carbocycles. The maximum absolute atomic E-state index is 11.6. The third-order valence-electron chi connectivity index (χ3n) is 2.92. The number of nitrogens with zero attached hydrogens (tertiary/aromatic N) is 1. The van der Waals surface area contributed by atoms with E-state index in [1.807, 2.05) is 35.6 Å². The number of rotatable bonds is 5. The fraction of sp³-hybridized carbons (Fsp3) is 0.125. The molecule has 0 atom stereocenters. The molecule has 0 unspecified atom stereocenters. The zero-order valence-electron chi connectivity index (χ0n) is 12.6. The molecule has 0 saturated heterocycles. The van der Waals surface area contributed by atoms with Crippen molar-refractivity contribution in [1.82, 2.24) is 10.6 Å². The van der Waals surface area contributed by atoms with Crippen LogP contribution in [0, 0.1) is 5.21 Å². The molecule has 0 spiro atoms. The summed E-state index contributed by atoms with van der Waals surface area (Å²) in [5, 5.41) is 15.4. The Balaban J connectivity index is 1.71. The second kappa shape index (κ2) is 8.28. The maximum atomic E-state index is 11.6. The van der Waals surface area contributed by atoms with Gasteiger partial charge in [-0.15, -0.1) is 0 Å². The Morgan fingerprint density at radius 3 is 2.38 bits per heavy atom. The Bertz CT molecular complexity index is 716. The zero-order valence-corrected chi connectivity index (χ0v) is 12.6. The van der Waals surface area contributed by atoms with Crippen molar-refractivity contribution < 1.29 is 23.9 Å². The van der Waals surface area contributed by atoms with Crippen molar-refractivity contribution in [2.45, 2.75) is 6.54 Å². The Kier molecular flexibility index (Phi) is 5.84. The summed E-state index contributed by atoms with van der Waals surface area (Å²) >= 11 is 0. The average molecular weight is 329 g/mol. The van der Waals surface area contributed by atoms with Gasteiger partial charge in [0.05, 0.1) is 5.56 Å². The van der Waals surface area contributed by atoms with Gasteiger partial charge in [-0.2, -0.15) is 4.73 Å². The lowest BCUT2D eigenvalue weighted by atomic mass is 10.2. The molecule has 8 nitrogen and oxygen atoms in total. The van der Waals surface area contributed by atoms with Gasteiger partial charge in [0.25, 0.3) is 5.91 Å². The number of hydrogen-bond acceptors (Lipinski definition) is 5. The molecule has 0 fully saturated rings. The van der Waals surface area contributed by atoms with Crippen LogP contribution in [-0.2, 0) is 16.1 Å². The van der Waals surface area contributed by atoms with E-state index in [-0.39, 0.29) is 12.1 Å². The summed E-state index contributed by atoms with van der Waals surface area (Å²) in [5.41, 5.74) is 1.01. The topological polar surface area (TPSA) is 111 Å². The first kappa shape index (κ1) is 16.9. The number of pyridine rings is 1. The molecule has 0 aliphatic heterocycles. The summed E-state index contributed by atoms with van der Waals surface area (Å²) in [6.07, 6.45) is 2.27. The van der Waals surface area contributed by atoms with E-state index in [1.54, 1.807) is 0 Å². The minimum atomic E-state index is -0.768. The number of amides is 3. The van der Waals surface area contributed by atoms with Gasteiger partial charge in [0, 0.05) is 18.7 Å². The largest absolute Gasteiger partial charge is 0.619 e. The van der Waals surface area contributed by atoms with Crippen LogP contribution in [0.4, 0.5) is 4.79 Å². The second-order valence-electron chi connectivity index (χ2n) is 4.74. The van der Waals surface area contributed by atoms with Gasteiger partial charge in [-0.1, -0.05) is 30.3 Å². The first-order valence-corrected chi connectivity index (χ1v) is 7.02. The van der Waals surface area contributed by atoms with Gasteiger partial charge < -0.3 is 15.3 Å². The summed E-state index contributed by atoms with van der Waals surface area (Å²) < 4.78 is 5.27. The molecule has 0 aliphatic rings. The number of aromatic nitrogens is 1. The molecular formula is C16H15N3O5. The van der Waals surface area contributed by atoms with Crippen molar-refractivity contribution in [3.05, 3.63) is 71.2 Å². The molecular weight excluding hydrogens is 314 g/mol. The molecule has 2 aromatic rings. The molecule has 24 heavy (non-hydrogen) atoms. The van der Waals surface area contributed by atoms with Crippen LogP contribution >= 0.6 is 0 Å². The normalized spacial score (nSPS) is 9.83. The predicted octanol–water partition coefficient (Wildman–Crippen LogP) is 0.503. The van der Waals surface area contributed by atoms with Crippen molar-refractivity contribution in [3.8, 4) is 0 Å². The van der Waals surface area contributed by atoms with E-state index in [1.165, 1.54) is 12.1 Å². The lowest BCUT2D eigenvalue weighted by Gasteiger charge is -2.07. The average Bonchev–Trinajstić information content (AvgIpc) is 2.59. The summed E-state index contributed by atoms with van der Waals surface area (Å²) in [4.78, 5) is 34.8. The van der Waals surface area contributed by atoms with E-state index >= 15 is 0 Å². The van der Waals surface area contributed by atoms with Gasteiger partial charge in [0.15, 0.2) is 19.0 Å². The van der Waals surface area contributed by atoms with Crippen molar-refractivity contribution in [2.24, 2.45) is 0 Å². The molecule has 1 aromatic carbocycles. The number of esters is 1. The lowest BCUT2D eigenvalue weighted by Crippen LogP contribution is -2.41. The molecule has 2 rings (SSSR count). The molecule has 0 bridgehead atoms. The van der Waals surface area contributed by atoms with Crippen molar-refractivity contribution in [2.75, 3.05) is 6.61 Å². The fourth-order valence-corrected chi connectivity index (χ4v) is 1.75. The van der Waals surface area contributed by atoms with E-state index in [2.05, 4.69) is 5.32 Å². The van der Waals surface area contributed by atoms with Gasteiger partial charge in [-0.25, -0.2) is 9.59 Å². The quantitative estimate of drug-likeness (QED) is 0.471. The third-order valence-corrected chi connectivity index (χ3v) is 2.92. The van der Waals surface area contributed by atoms with Crippen LogP contribution in [0.3, 0.4) is 0 Å². The number of carbonyl (C=O) groups is 3. The van der Waals surface area contributed by atoms with Gasteiger partial charge in [0.1, 0.15) is 0 Å². The number of carbonyl (C=O) groups excluding carboxylic acids is 3. The lowest BCUT2D eigenvalue weighted by molar-refractivity contribution is -0.605. The van der Waals surface area contributed by atoms with Gasteiger partial charge in [-0.3, -0.25) is 10.1 Å². The van der Waals surface area contributed by atoms with Gasteiger partial charge in [-0.05, 0) is 5.56 Å². The highest BCUT2D eigenvalue weighted by molar-refractivity contribution is 5.96. The molecule has 8 heteroatoms. The first-order valence-electron chi connectivity index (χ1n) is 7.02. The van der Waals surface area contributed by atoms with Crippen LogP contribution in [0.1, 0.15) is 15.9 Å². The third kappa shape index (κ3) is 5.41. The Hall–Kier alpha value is -3.42. The monoisotopic (exact) mass is 329 g/mol. The molecule has 1 heterocycles. The maximum Gasteiger partial charge on any atom is 0.339 e. The van der Waals surface area contributed by atoms with E-state index in [0.29, 0.717) is 4.73 Å². The standard InChI is InChI=1S/C16H15N3O5/c20-14(11-24-15(21)13-6-8-19(23)9-7-13)18-16(22)17-10-12-4-2-1-3-5-12/h1-9H,10-11H2,(H2,17,18,20,22). The molecule has 0 radical (unpaired) electrons. The first-order chi connectivity index (χ1) is 11.5. The Morgan fingerprint density at radius 2 is 1.71 bits per heavy atom. The SMILES string of the molecule is O=C(COC(=O)c1cc[n+]([O-])cc1)NC(=O)NCc1ccccc1. The Morgan fingerprint density at radius 1 is 1.04 bits per heavy atom. The van der Waals surface area contributed by atoms with Gasteiger partial charge >= 0.3 is 12.0 Å². The highest BCUT2D eigenvalue weighted by atomic mass is 16.5. The minimum Gasteiger partial charge on any atom is -0.619 e. The smallest absolute Gasteiger partial charge is 0.339 e. The van der Waals surface area contributed by atoms with E-state index in [4.69, 9.17) is 4.74 Å². The molecule has 0 saturated carbocycles. The van der Waals surface area contributed by atoms with Crippen LogP contribution in [-0.4, -0.2) is 24.5 Å². The molecule has 3 amide bonds. The predicted molar refractivity (Wildman–Crippen MR) is 82.5 cm³/mol. The van der Waals surface area contributed by atoms with Crippen LogP contribution < -0.4 is 15.4 Å². The minimum absolute atomic E-state index is 0.128. The van der Waals surface area contributed by atoms with E-state index in [9.17, 15) is 19.6 Å². The number of ether oxygens (including phenoxy) is 1. The van der Waals surface area contributed by atoms with Crippen molar-refractivity contribution in [3.63, 3.8) is 0 Å². The number of benzene rings is 1. The van der Waals surface area contributed by atoms with Crippen LogP contribution in [0.2, 0.25) is 0 Å². The highest BCUT2D eigenvalue weighted by Gasteiger charge is 2.13. The van der Waals surface area contributed by atoms with Gasteiger partial charge in [0.2, 0.25) is 0 Å². The van der Waals surface area contributed by atoms with Crippen LogP contribution in [0.15, 0.2) is 54.9 Å². The van der Waals surface area contributed by atoms with Crippen LogP contribution in [0.5, 0.6) is 0 Å². The van der Waals surface area contributed by atoms with Crippen LogP contribution in [0.25, 0.3) is 0 Å². The zero-order chi connectivity index (χ0) is 17.4. The van der Waals surface area contributed by atoms with Crippen molar-refractivity contribution in [1.29, 1.82) is 0 Å². The second-order valence-corrected chi connectivity index (χ2v) is 4.74. The van der Waals surface area contributed by atoms with Crippen molar-refractivity contribution >= 4 is 17.9 Å². The Labute approximate surface area is 137 Å². The molecule has 2 N–H and O–H groups in total.